The molecule has 1 fully saturated rings. The van der Waals surface area contributed by atoms with Gasteiger partial charge in [-0.05, 0) is 18.2 Å². The third-order valence-corrected chi connectivity index (χ3v) is 3.88. The predicted molar refractivity (Wildman–Crippen MR) is 79.7 cm³/mol. The summed E-state index contributed by atoms with van der Waals surface area (Å²) in [7, 11) is 0. The fourth-order valence-corrected chi connectivity index (χ4v) is 2.56. The van der Waals surface area contributed by atoms with Crippen molar-refractivity contribution in [2.45, 2.75) is 13.1 Å². The Morgan fingerprint density at radius 2 is 1.96 bits per heavy atom. The average molecular weight is 337 g/mol. The van der Waals surface area contributed by atoms with Gasteiger partial charge >= 0.3 is 0 Å². The predicted octanol–water partition coefficient (Wildman–Crippen LogP) is 0.764. The number of benzene rings is 1. The van der Waals surface area contributed by atoms with E-state index in [0.29, 0.717) is 44.4 Å². The molecule has 0 radical (unpaired) electrons. The van der Waals surface area contributed by atoms with E-state index in [9.17, 15) is 13.6 Å². The van der Waals surface area contributed by atoms with Gasteiger partial charge in [-0.15, -0.1) is 0 Å². The summed E-state index contributed by atoms with van der Waals surface area (Å²) >= 11 is 0. The molecule has 1 saturated heterocycles. The summed E-state index contributed by atoms with van der Waals surface area (Å²) < 4.78 is 31.2. The Kier molecular flexibility index (Phi) is 4.81. The third-order valence-electron chi connectivity index (χ3n) is 3.88. The average Bonchev–Trinajstić information content (AvgIpc) is 3.05. The Hall–Kier alpha value is -2.39. The van der Waals surface area contributed by atoms with Crippen LogP contribution in [0.15, 0.2) is 22.7 Å². The van der Waals surface area contributed by atoms with E-state index in [2.05, 4.69) is 15.0 Å². The van der Waals surface area contributed by atoms with E-state index in [1.165, 1.54) is 6.07 Å². The fraction of sp³-hybridized carbons (Fsp3) is 0.400. The summed E-state index contributed by atoms with van der Waals surface area (Å²) in [6.45, 7) is 2.93. The van der Waals surface area contributed by atoms with Gasteiger partial charge in [0.1, 0.15) is 0 Å². The number of hydrogen-bond acceptors (Lipinski definition) is 6. The highest BCUT2D eigenvalue weighted by atomic mass is 19.2. The first kappa shape index (κ1) is 16.5. The molecular formula is C15H17F2N5O2. The Labute approximate surface area is 137 Å². The van der Waals surface area contributed by atoms with Gasteiger partial charge in [-0.25, -0.2) is 8.78 Å². The fourth-order valence-electron chi connectivity index (χ4n) is 2.56. The molecular weight excluding hydrogens is 320 g/mol. The quantitative estimate of drug-likeness (QED) is 0.886. The second-order valence-corrected chi connectivity index (χ2v) is 5.51. The van der Waals surface area contributed by atoms with Gasteiger partial charge in [-0.1, -0.05) is 5.16 Å². The molecule has 0 bridgehead atoms. The van der Waals surface area contributed by atoms with E-state index in [0.717, 1.165) is 12.1 Å². The van der Waals surface area contributed by atoms with Crippen LogP contribution in [0.2, 0.25) is 0 Å². The van der Waals surface area contributed by atoms with Crippen LogP contribution in [-0.2, 0) is 13.1 Å². The minimum atomic E-state index is -1.02. The SMILES string of the molecule is NCc1nc(CN2CCN(C(=O)c3ccc(F)c(F)c3)CC2)no1. The largest absolute Gasteiger partial charge is 0.338 e. The number of amides is 1. The van der Waals surface area contributed by atoms with Crippen LogP contribution in [0.25, 0.3) is 0 Å². The highest BCUT2D eigenvalue weighted by molar-refractivity contribution is 5.94. The van der Waals surface area contributed by atoms with E-state index in [1.807, 2.05) is 0 Å². The molecule has 7 nitrogen and oxygen atoms in total. The molecule has 2 aromatic rings. The third kappa shape index (κ3) is 3.57. The Balaban J connectivity index is 1.56. The van der Waals surface area contributed by atoms with Crippen molar-refractivity contribution in [2.24, 2.45) is 5.73 Å². The van der Waals surface area contributed by atoms with E-state index in [4.69, 9.17) is 10.3 Å². The van der Waals surface area contributed by atoms with Crippen LogP contribution in [0.3, 0.4) is 0 Å². The maximum atomic E-state index is 13.3. The number of nitrogens with zero attached hydrogens (tertiary/aromatic N) is 4. The van der Waals surface area contributed by atoms with Crippen LogP contribution in [0.5, 0.6) is 0 Å². The zero-order valence-electron chi connectivity index (χ0n) is 12.9. The van der Waals surface area contributed by atoms with Crippen molar-refractivity contribution in [1.29, 1.82) is 0 Å². The number of hydrogen-bond donors (Lipinski definition) is 1. The first-order valence-electron chi connectivity index (χ1n) is 7.55. The summed E-state index contributed by atoms with van der Waals surface area (Å²) in [5, 5.41) is 3.84. The zero-order chi connectivity index (χ0) is 17.1. The standard InChI is InChI=1S/C15H17F2N5O2/c16-11-2-1-10(7-12(11)17)15(23)22-5-3-21(4-6-22)9-13-19-14(8-18)24-20-13/h1-2,7H,3-6,8-9,18H2. The second-order valence-electron chi connectivity index (χ2n) is 5.51. The Morgan fingerprint density at radius 3 is 2.58 bits per heavy atom. The highest BCUT2D eigenvalue weighted by Crippen LogP contribution is 2.13. The van der Waals surface area contributed by atoms with Gasteiger partial charge in [0.2, 0.25) is 5.89 Å². The van der Waals surface area contributed by atoms with Crippen molar-refractivity contribution in [3.8, 4) is 0 Å². The van der Waals surface area contributed by atoms with Crippen molar-refractivity contribution < 1.29 is 18.1 Å². The number of carbonyl (C=O) groups excluding carboxylic acids is 1. The van der Waals surface area contributed by atoms with Crippen molar-refractivity contribution in [3.63, 3.8) is 0 Å². The van der Waals surface area contributed by atoms with Crippen LogP contribution in [0, 0.1) is 11.6 Å². The van der Waals surface area contributed by atoms with Gasteiger partial charge in [0.15, 0.2) is 17.5 Å². The van der Waals surface area contributed by atoms with Crippen LogP contribution in [0.4, 0.5) is 8.78 Å². The number of aromatic nitrogens is 2. The smallest absolute Gasteiger partial charge is 0.254 e. The van der Waals surface area contributed by atoms with Gasteiger partial charge in [0.25, 0.3) is 5.91 Å². The van der Waals surface area contributed by atoms with Gasteiger partial charge in [-0.2, -0.15) is 4.98 Å². The molecule has 0 unspecified atom stereocenters. The van der Waals surface area contributed by atoms with Gasteiger partial charge in [0, 0.05) is 31.7 Å². The maximum Gasteiger partial charge on any atom is 0.254 e. The molecule has 0 atom stereocenters. The lowest BCUT2D eigenvalue weighted by molar-refractivity contribution is 0.0624. The number of halogens is 2. The van der Waals surface area contributed by atoms with E-state index < -0.39 is 11.6 Å². The van der Waals surface area contributed by atoms with Gasteiger partial charge in [0.05, 0.1) is 13.1 Å². The Morgan fingerprint density at radius 1 is 1.21 bits per heavy atom. The van der Waals surface area contributed by atoms with E-state index in [1.54, 1.807) is 4.90 Å². The molecule has 0 aliphatic carbocycles. The summed E-state index contributed by atoms with van der Waals surface area (Å²) in [5.74, 6) is -1.35. The molecule has 2 heterocycles. The molecule has 128 valence electrons. The van der Waals surface area contributed by atoms with Gasteiger partial charge in [-0.3, -0.25) is 9.69 Å². The summed E-state index contributed by atoms with van der Waals surface area (Å²) in [6.07, 6.45) is 0. The van der Waals surface area contributed by atoms with E-state index in [-0.39, 0.29) is 18.0 Å². The van der Waals surface area contributed by atoms with Crippen molar-refractivity contribution in [3.05, 3.63) is 47.1 Å². The van der Waals surface area contributed by atoms with E-state index >= 15 is 0 Å². The highest BCUT2D eigenvalue weighted by Gasteiger charge is 2.23. The van der Waals surface area contributed by atoms with Crippen LogP contribution in [-0.4, -0.2) is 52.0 Å². The number of rotatable bonds is 4. The zero-order valence-corrected chi connectivity index (χ0v) is 12.9. The number of carbonyl (C=O) groups is 1. The summed E-state index contributed by atoms with van der Waals surface area (Å²) in [4.78, 5) is 20.2. The molecule has 1 aliphatic heterocycles. The molecule has 0 spiro atoms. The van der Waals surface area contributed by atoms with Crippen molar-refractivity contribution >= 4 is 5.91 Å². The lowest BCUT2D eigenvalue weighted by Crippen LogP contribution is -2.48. The molecule has 3 rings (SSSR count). The lowest BCUT2D eigenvalue weighted by Gasteiger charge is -2.34. The molecule has 0 saturated carbocycles. The molecule has 1 aromatic heterocycles. The summed E-state index contributed by atoms with van der Waals surface area (Å²) in [5.41, 5.74) is 5.57. The molecule has 1 amide bonds. The van der Waals surface area contributed by atoms with Gasteiger partial charge < -0.3 is 15.2 Å². The monoisotopic (exact) mass is 337 g/mol. The first-order valence-corrected chi connectivity index (χ1v) is 7.55. The van der Waals surface area contributed by atoms with Crippen LogP contribution < -0.4 is 5.73 Å². The van der Waals surface area contributed by atoms with Crippen molar-refractivity contribution in [1.82, 2.24) is 19.9 Å². The first-order chi connectivity index (χ1) is 11.6. The minimum Gasteiger partial charge on any atom is -0.338 e. The molecule has 1 aromatic carbocycles. The van der Waals surface area contributed by atoms with Crippen molar-refractivity contribution in [2.75, 3.05) is 26.2 Å². The molecule has 24 heavy (non-hydrogen) atoms. The van der Waals surface area contributed by atoms with Crippen LogP contribution in [0.1, 0.15) is 22.1 Å². The normalized spacial score (nSPS) is 15.7. The molecule has 9 heteroatoms. The Bertz CT molecular complexity index is 728. The maximum absolute atomic E-state index is 13.3. The molecule has 1 aliphatic rings. The van der Waals surface area contributed by atoms with Crippen LogP contribution >= 0.6 is 0 Å². The minimum absolute atomic E-state index is 0.146. The topological polar surface area (TPSA) is 88.5 Å². The lowest BCUT2D eigenvalue weighted by atomic mass is 10.1. The number of nitrogens with two attached hydrogens (primary N) is 1. The second kappa shape index (κ2) is 7.02. The number of piperazine rings is 1. The molecule has 2 N–H and O–H groups in total. The summed E-state index contributed by atoms with van der Waals surface area (Å²) in [6, 6.07) is 3.18.